The molecular weight excluding hydrogens is 336 g/mol. The van der Waals surface area contributed by atoms with Gasteiger partial charge in [-0.25, -0.2) is 9.97 Å². The van der Waals surface area contributed by atoms with Gasteiger partial charge in [0.1, 0.15) is 5.82 Å². The highest BCUT2D eigenvalue weighted by Crippen LogP contribution is 2.39. The summed E-state index contributed by atoms with van der Waals surface area (Å²) in [6, 6.07) is 27.4. The molecule has 5 rings (SSSR count). The van der Waals surface area contributed by atoms with Crippen molar-refractivity contribution in [2.45, 2.75) is 6.92 Å². The average molecular weight is 352 g/mol. The largest absolute Gasteiger partial charge is 0.233 e. The minimum atomic E-state index is 0.790. The zero-order chi connectivity index (χ0) is 17.5. The molecule has 124 valence electrons. The van der Waals surface area contributed by atoms with E-state index in [1.165, 1.54) is 25.7 Å². The molecule has 0 radical (unpaired) electrons. The molecule has 2 aromatic heterocycles. The van der Waals surface area contributed by atoms with Crippen LogP contribution >= 0.6 is 11.3 Å². The Labute approximate surface area is 155 Å². The summed E-state index contributed by atoms with van der Waals surface area (Å²) in [5.41, 5.74) is 4.22. The summed E-state index contributed by atoms with van der Waals surface area (Å²) < 4.78 is 2.60. The third-order valence-electron chi connectivity index (χ3n) is 4.59. The van der Waals surface area contributed by atoms with Crippen LogP contribution in [0.25, 0.3) is 42.7 Å². The van der Waals surface area contributed by atoms with Crippen LogP contribution < -0.4 is 0 Å². The van der Waals surface area contributed by atoms with Crippen LogP contribution in [0.15, 0.2) is 78.9 Å². The maximum absolute atomic E-state index is 4.76. The van der Waals surface area contributed by atoms with Crippen molar-refractivity contribution in [2.24, 2.45) is 0 Å². The first-order valence-electron chi connectivity index (χ1n) is 8.61. The molecule has 0 saturated heterocycles. The number of hydrogen-bond donors (Lipinski definition) is 0. The third-order valence-corrected chi connectivity index (χ3v) is 5.72. The van der Waals surface area contributed by atoms with Crippen LogP contribution in [0.2, 0.25) is 0 Å². The van der Waals surface area contributed by atoms with Gasteiger partial charge in [-0.2, -0.15) is 0 Å². The van der Waals surface area contributed by atoms with Crippen molar-refractivity contribution in [3.05, 3.63) is 84.7 Å². The van der Waals surface area contributed by atoms with Crippen LogP contribution in [0.4, 0.5) is 0 Å². The second-order valence-electron chi connectivity index (χ2n) is 6.33. The highest BCUT2D eigenvalue weighted by Gasteiger charge is 2.13. The molecule has 3 aromatic carbocycles. The van der Waals surface area contributed by atoms with Gasteiger partial charge in [0.15, 0.2) is 0 Å². The number of thiophene rings is 1. The standard InChI is InChI=1S/C23H16N2S/c1-15-24-19(16-8-3-2-4-9-16)14-20(25-15)17-11-7-13-22-23(17)18-10-5-6-12-21(18)26-22/h2-14H,1H3. The zero-order valence-electron chi connectivity index (χ0n) is 14.3. The van der Waals surface area contributed by atoms with Crippen molar-refractivity contribution in [1.29, 1.82) is 0 Å². The summed E-state index contributed by atoms with van der Waals surface area (Å²) in [5, 5.41) is 2.57. The molecule has 0 aliphatic heterocycles. The Kier molecular flexibility index (Phi) is 3.54. The van der Waals surface area contributed by atoms with Crippen LogP contribution in [-0.2, 0) is 0 Å². The molecule has 0 bridgehead atoms. The quantitative estimate of drug-likeness (QED) is 0.363. The molecule has 3 heteroatoms. The molecule has 0 atom stereocenters. The molecule has 0 fully saturated rings. The predicted molar refractivity (Wildman–Crippen MR) is 111 cm³/mol. The van der Waals surface area contributed by atoms with E-state index in [1.54, 1.807) is 0 Å². The van der Waals surface area contributed by atoms with E-state index in [4.69, 9.17) is 4.98 Å². The number of benzene rings is 3. The molecule has 2 nitrogen and oxygen atoms in total. The molecule has 5 aromatic rings. The Hall–Kier alpha value is -3.04. The number of aryl methyl sites for hydroxylation is 1. The fraction of sp³-hybridized carbons (Fsp3) is 0.0435. The van der Waals surface area contributed by atoms with Gasteiger partial charge in [0.2, 0.25) is 0 Å². The van der Waals surface area contributed by atoms with Crippen LogP contribution in [0.5, 0.6) is 0 Å². The molecule has 0 spiro atoms. The zero-order valence-corrected chi connectivity index (χ0v) is 15.1. The summed E-state index contributed by atoms with van der Waals surface area (Å²) in [6.45, 7) is 1.96. The second kappa shape index (κ2) is 6.04. The average Bonchev–Trinajstić information content (AvgIpc) is 3.07. The second-order valence-corrected chi connectivity index (χ2v) is 7.41. The number of rotatable bonds is 2. The summed E-state index contributed by atoms with van der Waals surface area (Å²) in [5.74, 6) is 0.790. The smallest absolute Gasteiger partial charge is 0.126 e. The lowest BCUT2D eigenvalue weighted by molar-refractivity contribution is 1.06. The van der Waals surface area contributed by atoms with E-state index in [0.29, 0.717) is 0 Å². The Morgan fingerprint density at radius 3 is 2.31 bits per heavy atom. The van der Waals surface area contributed by atoms with Crippen LogP contribution in [0, 0.1) is 6.92 Å². The third kappa shape index (κ3) is 2.49. The van der Waals surface area contributed by atoms with Crippen LogP contribution in [0.1, 0.15) is 5.82 Å². The minimum absolute atomic E-state index is 0.790. The van der Waals surface area contributed by atoms with Crippen molar-refractivity contribution in [1.82, 2.24) is 9.97 Å². The van der Waals surface area contributed by atoms with Gasteiger partial charge in [-0.1, -0.05) is 60.7 Å². The van der Waals surface area contributed by atoms with Crippen molar-refractivity contribution < 1.29 is 0 Å². The maximum Gasteiger partial charge on any atom is 0.126 e. The Morgan fingerprint density at radius 2 is 1.42 bits per heavy atom. The first-order valence-corrected chi connectivity index (χ1v) is 9.43. The van der Waals surface area contributed by atoms with E-state index in [2.05, 4.69) is 65.6 Å². The molecule has 0 aliphatic rings. The maximum atomic E-state index is 4.76. The first kappa shape index (κ1) is 15.2. The Morgan fingerprint density at radius 1 is 0.692 bits per heavy atom. The van der Waals surface area contributed by atoms with Crippen molar-refractivity contribution in [2.75, 3.05) is 0 Å². The molecule has 0 N–H and O–H groups in total. The Balaban J connectivity index is 1.80. The molecule has 0 aliphatic carbocycles. The Bertz CT molecular complexity index is 1240. The van der Waals surface area contributed by atoms with Gasteiger partial charge in [0.05, 0.1) is 11.4 Å². The molecule has 0 saturated carbocycles. The molecule has 26 heavy (non-hydrogen) atoms. The van der Waals surface area contributed by atoms with Crippen LogP contribution in [0.3, 0.4) is 0 Å². The molecular formula is C23H16N2S. The lowest BCUT2D eigenvalue weighted by atomic mass is 10.0. The fourth-order valence-corrected chi connectivity index (χ4v) is 4.58. The number of fused-ring (bicyclic) bond motifs is 3. The van der Waals surface area contributed by atoms with Crippen molar-refractivity contribution in [3.8, 4) is 22.5 Å². The van der Waals surface area contributed by atoms with Gasteiger partial charge in [-0.3, -0.25) is 0 Å². The SMILES string of the molecule is Cc1nc(-c2ccccc2)cc(-c2cccc3sc4ccccc4c23)n1. The highest BCUT2D eigenvalue weighted by molar-refractivity contribution is 7.25. The van der Waals surface area contributed by atoms with Gasteiger partial charge in [-0.15, -0.1) is 11.3 Å². The van der Waals surface area contributed by atoms with Gasteiger partial charge in [0.25, 0.3) is 0 Å². The van der Waals surface area contributed by atoms with Gasteiger partial charge in [-0.05, 0) is 25.1 Å². The molecule has 2 heterocycles. The normalized spacial score (nSPS) is 11.3. The van der Waals surface area contributed by atoms with E-state index in [0.717, 1.165) is 22.8 Å². The predicted octanol–water partition coefficient (Wildman–Crippen LogP) is 6.49. The van der Waals surface area contributed by atoms with Crippen molar-refractivity contribution >= 4 is 31.5 Å². The minimum Gasteiger partial charge on any atom is -0.233 e. The topological polar surface area (TPSA) is 25.8 Å². The molecule has 0 unspecified atom stereocenters. The number of nitrogens with zero attached hydrogens (tertiary/aromatic N) is 2. The summed E-state index contributed by atoms with van der Waals surface area (Å²) in [6.07, 6.45) is 0. The molecule has 0 amide bonds. The van der Waals surface area contributed by atoms with Gasteiger partial charge >= 0.3 is 0 Å². The van der Waals surface area contributed by atoms with E-state index in [-0.39, 0.29) is 0 Å². The summed E-state index contributed by atoms with van der Waals surface area (Å²) in [7, 11) is 0. The number of aromatic nitrogens is 2. The first-order chi connectivity index (χ1) is 12.8. The van der Waals surface area contributed by atoms with E-state index < -0.39 is 0 Å². The lowest BCUT2D eigenvalue weighted by Gasteiger charge is -2.08. The lowest BCUT2D eigenvalue weighted by Crippen LogP contribution is -1.94. The fourth-order valence-electron chi connectivity index (χ4n) is 3.45. The van der Waals surface area contributed by atoms with Gasteiger partial charge < -0.3 is 0 Å². The van der Waals surface area contributed by atoms with Crippen LogP contribution in [-0.4, -0.2) is 9.97 Å². The summed E-state index contributed by atoms with van der Waals surface area (Å²) in [4.78, 5) is 9.41. The van der Waals surface area contributed by atoms with E-state index >= 15 is 0 Å². The van der Waals surface area contributed by atoms with E-state index in [9.17, 15) is 0 Å². The van der Waals surface area contributed by atoms with Crippen molar-refractivity contribution in [3.63, 3.8) is 0 Å². The summed E-state index contributed by atoms with van der Waals surface area (Å²) >= 11 is 1.83. The van der Waals surface area contributed by atoms with E-state index in [1.807, 2.05) is 36.5 Å². The number of hydrogen-bond acceptors (Lipinski definition) is 3. The van der Waals surface area contributed by atoms with Gasteiger partial charge in [0, 0.05) is 31.3 Å². The monoisotopic (exact) mass is 352 g/mol. The highest BCUT2D eigenvalue weighted by atomic mass is 32.1.